The predicted molar refractivity (Wildman–Crippen MR) is 86.4 cm³/mol. The van der Waals surface area contributed by atoms with Gasteiger partial charge in [-0.15, -0.1) is 0 Å². The highest BCUT2D eigenvalue weighted by Gasteiger charge is 2.29. The summed E-state index contributed by atoms with van der Waals surface area (Å²) in [7, 11) is 0. The van der Waals surface area contributed by atoms with E-state index in [0.29, 0.717) is 6.42 Å². The second-order valence-electron chi connectivity index (χ2n) is 5.68. The molecule has 0 atom stereocenters. The van der Waals surface area contributed by atoms with Crippen LogP contribution < -0.4 is 4.90 Å². The van der Waals surface area contributed by atoms with Crippen LogP contribution in [0.4, 0.5) is 5.69 Å². The molecule has 2 aliphatic rings. The molecule has 21 heavy (non-hydrogen) atoms. The second-order valence-corrected chi connectivity index (χ2v) is 6.60. The van der Waals surface area contributed by atoms with Gasteiger partial charge in [0.05, 0.1) is 5.69 Å². The Balaban J connectivity index is 1.88. The molecular formula is C17H15BrN2O. The van der Waals surface area contributed by atoms with Crippen molar-refractivity contribution >= 4 is 27.5 Å². The lowest BCUT2D eigenvalue weighted by atomic mass is 9.88. The molecule has 3 nitrogen and oxygen atoms in total. The number of carbonyl (C=O) groups excluding carboxylic acids is 1. The van der Waals surface area contributed by atoms with Crippen LogP contribution in [0.15, 0.2) is 35.1 Å². The molecule has 0 saturated carbocycles. The largest absolute Gasteiger partial charge is 0.312 e. The van der Waals surface area contributed by atoms with E-state index in [0.717, 1.165) is 35.8 Å². The average molecular weight is 343 g/mol. The van der Waals surface area contributed by atoms with E-state index in [1.807, 2.05) is 11.1 Å². The van der Waals surface area contributed by atoms with Crippen LogP contribution in [0.2, 0.25) is 0 Å². The Morgan fingerprint density at radius 1 is 1.00 bits per heavy atom. The molecule has 0 bridgehead atoms. The fourth-order valence-corrected chi connectivity index (χ4v) is 3.75. The first-order chi connectivity index (χ1) is 10.2. The fraction of sp³-hybridized carbons (Fsp3) is 0.294. The lowest BCUT2D eigenvalue weighted by Gasteiger charge is -2.35. The Hall–Kier alpha value is -1.68. The van der Waals surface area contributed by atoms with E-state index >= 15 is 0 Å². The van der Waals surface area contributed by atoms with Crippen LogP contribution in [-0.2, 0) is 17.6 Å². The molecular weight excluding hydrogens is 328 g/mol. The van der Waals surface area contributed by atoms with Crippen LogP contribution in [0.5, 0.6) is 0 Å². The Bertz CT molecular complexity index is 724. The van der Waals surface area contributed by atoms with Crippen LogP contribution in [0.1, 0.15) is 24.0 Å². The zero-order chi connectivity index (χ0) is 14.4. The maximum atomic E-state index is 12.1. The molecule has 0 radical (unpaired) electrons. The molecule has 1 amide bonds. The Morgan fingerprint density at radius 3 is 2.62 bits per heavy atom. The summed E-state index contributed by atoms with van der Waals surface area (Å²) in [5.41, 5.74) is 6.12. The van der Waals surface area contributed by atoms with Gasteiger partial charge in [-0.2, -0.15) is 0 Å². The summed E-state index contributed by atoms with van der Waals surface area (Å²) in [6.45, 7) is 0.872. The minimum Gasteiger partial charge on any atom is -0.312 e. The number of aryl methyl sites for hydroxylation is 2. The van der Waals surface area contributed by atoms with Crippen molar-refractivity contribution in [1.29, 1.82) is 0 Å². The lowest BCUT2D eigenvalue weighted by molar-refractivity contribution is -0.119. The van der Waals surface area contributed by atoms with Gasteiger partial charge in [0, 0.05) is 35.4 Å². The van der Waals surface area contributed by atoms with E-state index in [1.165, 1.54) is 22.4 Å². The van der Waals surface area contributed by atoms with Crippen molar-refractivity contribution in [2.45, 2.75) is 25.7 Å². The fourth-order valence-electron chi connectivity index (χ4n) is 3.39. The highest BCUT2D eigenvalue weighted by atomic mass is 79.9. The van der Waals surface area contributed by atoms with Crippen molar-refractivity contribution in [3.05, 3.63) is 46.2 Å². The van der Waals surface area contributed by atoms with Crippen molar-refractivity contribution in [3.8, 4) is 11.1 Å². The molecule has 106 valence electrons. The molecule has 2 aliphatic heterocycles. The zero-order valence-electron chi connectivity index (χ0n) is 11.6. The van der Waals surface area contributed by atoms with E-state index in [2.05, 4.69) is 39.1 Å². The summed E-state index contributed by atoms with van der Waals surface area (Å²) < 4.78 is 0.989. The third kappa shape index (κ3) is 2.18. The number of halogens is 1. The summed E-state index contributed by atoms with van der Waals surface area (Å²) >= 11 is 3.48. The van der Waals surface area contributed by atoms with Gasteiger partial charge in [-0.25, -0.2) is 0 Å². The molecule has 3 heterocycles. The first-order valence-corrected chi connectivity index (χ1v) is 8.09. The molecule has 0 unspecified atom stereocenters. The van der Waals surface area contributed by atoms with Crippen LogP contribution in [0.25, 0.3) is 11.1 Å². The minimum absolute atomic E-state index is 0.278. The van der Waals surface area contributed by atoms with Crippen molar-refractivity contribution in [3.63, 3.8) is 0 Å². The lowest BCUT2D eigenvalue weighted by Crippen LogP contribution is -2.39. The average Bonchev–Trinajstić information content (AvgIpc) is 2.50. The van der Waals surface area contributed by atoms with E-state index in [-0.39, 0.29) is 5.91 Å². The predicted octanol–water partition coefficient (Wildman–Crippen LogP) is 3.74. The number of nitrogens with zero attached hydrogens (tertiary/aromatic N) is 2. The first-order valence-electron chi connectivity index (χ1n) is 7.29. The van der Waals surface area contributed by atoms with Crippen molar-refractivity contribution in [2.75, 3.05) is 11.4 Å². The monoisotopic (exact) mass is 342 g/mol. The van der Waals surface area contributed by atoms with Crippen LogP contribution in [-0.4, -0.2) is 17.4 Å². The highest BCUT2D eigenvalue weighted by molar-refractivity contribution is 9.10. The van der Waals surface area contributed by atoms with E-state index in [4.69, 9.17) is 0 Å². The number of carbonyl (C=O) groups is 1. The molecule has 0 fully saturated rings. The van der Waals surface area contributed by atoms with Gasteiger partial charge in [0.2, 0.25) is 5.91 Å². The first kappa shape index (κ1) is 13.0. The van der Waals surface area contributed by atoms with Crippen LogP contribution in [0, 0.1) is 0 Å². The number of aromatic nitrogens is 1. The van der Waals surface area contributed by atoms with E-state index in [9.17, 15) is 4.79 Å². The number of amides is 1. The third-order valence-electron chi connectivity index (χ3n) is 4.31. The number of hydrogen-bond acceptors (Lipinski definition) is 2. The van der Waals surface area contributed by atoms with Gasteiger partial charge in [0.25, 0.3) is 0 Å². The molecule has 0 aliphatic carbocycles. The van der Waals surface area contributed by atoms with Gasteiger partial charge in [0.1, 0.15) is 0 Å². The molecule has 4 heteroatoms. The molecule has 0 N–H and O–H groups in total. The molecule has 0 spiro atoms. The standard InChI is InChI=1S/C17H15BrN2O/c18-15-8-14(9-19-10-15)13-6-11-2-1-5-20-16(21)4-3-12(7-13)17(11)20/h6-10H,1-5H2. The van der Waals surface area contributed by atoms with Gasteiger partial charge in [-0.1, -0.05) is 0 Å². The van der Waals surface area contributed by atoms with Crippen LogP contribution in [0.3, 0.4) is 0 Å². The quantitative estimate of drug-likeness (QED) is 0.790. The summed E-state index contributed by atoms with van der Waals surface area (Å²) in [5, 5.41) is 0. The number of anilines is 1. The maximum Gasteiger partial charge on any atom is 0.227 e. The van der Waals surface area contributed by atoms with Crippen molar-refractivity contribution in [1.82, 2.24) is 4.98 Å². The smallest absolute Gasteiger partial charge is 0.227 e. The topological polar surface area (TPSA) is 33.2 Å². The SMILES string of the molecule is O=C1CCc2cc(-c3cncc(Br)c3)cc3c2N1CCC3. The van der Waals surface area contributed by atoms with Gasteiger partial charge < -0.3 is 4.90 Å². The summed E-state index contributed by atoms with van der Waals surface area (Å²) in [4.78, 5) is 18.3. The van der Waals surface area contributed by atoms with E-state index in [1.54, 1.807) is 6.20 Å². The third-order valence-corrected chi connectivity index (χ3v) is 4.75. The van der Waals surface area contributed by atoms with E-state index < -0.39 is 0 Å². The summed E-state index contributed by atoms with van der Waals surface area (Å²) in [6.07, 6.45) is 7.29. The number of rotatable bonds is 1. The Labute approximate surface area is 132 Å². The van der Waals surface area contributed by atoms with Gasteiger partial charge in [0.15, 0.2) is 0 Å². The zero-order valence-corrected chi connectivity index (χ0v) is 13.2. The summed E-state index contributed by atoms with van der Waals surface area (Å²) in [6, 6.07) is 6.55. The van der Waals surface area contributed by atoms with Crippen molar-refractivity contribution < 1.29 is 4.79 Å². The molecule has 1 aromatic carbocycles. The normalized spacial score (nSPS) is 16.8. The minimum atomic E-state index is 0.278. The number of hydrogen-bond donors (Lipinski definition) is 0. The highest BCUT2D eigenvalue weighted by Crippen LogP contribution is 2.39. The number of benzene rings is 1. The van der Waals surface area contributed by atoms with Gasteiger partial charge in [-0.05, 0) is 70.1 Å². The molecule has 4 rings (SSSR count). The molecule has 2 aromatic rings. The molecule has 0 saturated heterocycles. The Kier molecular flexibility index (Phi) is 3.07. The second kappa shape index (κ2) is 4.95. The summed E-state index contributed by atoms with van der Waals surface area (Å²) in [5.74, 6) is 0.278. The van der Waals surface area contributed by atoms with Gasteiger partial charge in [-0.3, -0.25) is 9.78 Å². The maximum absolute atomic E-state index is 12.1. The van der Waals surface area contributed by atoms with Gasteiger partial charge >= 0.3 is 0 Å². The molecule has 1 aromatic heterocycles. The van der Waals surface area contributed by atoms with Crippen LogP contribution >= 0.6 is 15.9 Å². The van der Waals surface area contributed by atoms with Crippen molar-refractivity contribution in [2.24, 2.45) is 0 Å². The Morgan fingerprint density at radius 2 is 1.81 bits per heavy atom. The number of pyridine rings is 1.